The van der Waals surface area contributed by atoms with Gasteiger partial charge in [-0.25, -0.2) is 4.98 Å². The monoisotopic (exact) mass is 243 g/mol. The highest BCUT2D eigenvalue weighted by atomic mass is 16.4. The number of pyridine rings is 1. The van der Waals surface area contributed by atoms with Gasteiger partial charge in [0.15, 0.2) is 0 Å². The molecule has 0 aliphatic carbocycles. The van der Waals surface area contributed by atoms with Gasteiger partial charge in [-0.2, -0.15) is 0 Å². The Hall–Kier alpha value is -2.17. The van der Waals surface area contributed by atoms with Crippen LogP contribution in [0.2, 0.25) is 0 Å². The van der Waals surface area contributed by atoms with E-state index in [0.29, 0.717) is 13.0 Å². The Morgan fingerprint density at radius 2 is 2.17 bits per heavy atom. The number of aromatic nitrogens is 3. The fraction of sp³-hybridized carbons (Fsp3) is 0.308. The summed E-state index contributed by atoms with van der Waals surface area (Å²) < 4.78 is 1.96. The Morgan fingerprint density at radius 1 is 1.39 bits per heavy atom. The van der Waals surface area contributed by atoms with E-state index in [1.54, 1.807) is 12.4 Å². The number of fused-ring (bicyclic) bond motifs is 1. The zero-order valence-electron chi connectivity index (χ0n) is 9.78. The first-order chi connectivity index (χ1) is 8.74. The van der Waals surface area contributed by atoms with Crippen LogP contribution < -0.4 is 0 Å². The number of nitrogens with zero attached hydrogens (tertiary/aromatic N) is 3. The van der Waals surface area contributed by atoms with Crippen molar-refractivity contribution in [1.29, 1.82) is 0 Å². The highest BCUT2D eigenvalue weighted by Crippen LogP contribution is 2.24. The molecule has 0 saturated heterocycles. The van der Waals surface area contributed by atoms with E-state index in [-0.39, 0.29) is 5.92 Å². The van der Waals surface area contributed by atoms with Crippen LogP contribution in [0.1, 0.15) is 12.2 Å². The highest BCUT2D eigenvalue weighted by molar-refractivity contribution is 5.70. The van der Waals surface area contributed by atoms with Crippen LogP contribution in [0.3, 0.4) is 0 Å². The molecule has 0 saturated carbocycles. The molecule has 0 aromatic carbocycles. The summed E-state index contributed by atoms with van der Waals surface area (Å²) in [6, 6.07) is 3.81. The van der Waals surface area contributed by atoms with E-state index >= 15 is 0 Å². The molecule has 0 fully saturated rings. The van der Waals surface area contributed by atoms with Gasteiger partial charge in [-0.3, -0.25) is 9.78 Å². The standard InChI is InChI=1S/C13H13N3O2/c17-13(18)10-1-2-12-15-11(8-16(12)7-10)9-3-5-14-6-4-9/h3-6,8,10H,1-2,7H2,(H,17,18). The number of imidazole rings is 1. The predicted molar refractivity (Wildman–Crippen MR) is 64.9 cm³/mol. The third-order valence-electron chi connectivity index (χ3n) is 3.32. The molecule has 2 aromatic heterocycles. The molecule has 92 valence electrons. The fourth-order valence-corrected chi connectivity index (χ4v) is 2.31. The summed E-state index contributed by atoms with van der Waals surface area (Å²) in [5.74, 6) is -0.0453. The number of rotatable bonds is 2. The maximum absolute atomic E-state index is 11.0. The molecule has 1 aliphatic rings. The van der Waals surface area contributed by atoms with Gasteiger partial charge in [-0.1, -0.05) is 0 Å². The molecule has 3 heterocycles. The van der Waals surface area contributed by atoms with Crippen LogP contribution in [0.15, 0.2) is 30.7 Å². The van der Waals surface area contributed by atoms with E-state index < -0.39 is 5.97 Å². The number of aryl methyl sites for hydroxylation is 1. The minimum atomic E-state index is -0.722. The zero-order valence-corrected chi connectivity index (χ0v) is 9.78. The van der Waals surface area contributed by atoms with E-state index in [9.17, 15) is 4.79 Å². The second-order valence-electron chi connectivity index (χ2n) is 4.50. The van der Waals surface area contributed by atoms with Crippen molar-refractivity contribution in [2.45, 2.75) is 19.4 Å². The Morgan fingerprint density at radius 3 is 2.89 bits per heavy atom. The first-order valence-corrected chi connectivity index (χ1v) is 5.93. The lowest BCUT2D eigenvalue weighted by Crippen LogP contribution is -2.26. The summed E-state index contributed by atoms with van der Waals surface area (Å²) in [5, 5.41) is 9.05. The second kappa shape index (κ2) is 4.25. The van der Waals surface area contributed by atoms with Crippen LogP contribution in [-0.4, -0.2) is 25.6 Å². The average Bonchev–Trinajstić information content (AvgIpc) is 2.82. The molecule has 18 heavy (non-hydrogen) atoms. The lowest BCUT2D eigenvalue weighted by Gasteiger charge is -2.19. The molecule has 5 heteroatoms. The summed E-state index contributed by atoms with van der Waals surface area (Å²) in [4.78, 5) is 19.5. The van der Waals surface area contributed by atoms with Gasteiger partial charge in [0.05, 0.1) is 11.6 Å². The number of carboxylic acid groups (broad SMARTS) is 1. The molecular weight excluding hydrogens is 230 g/mol. The Kier molecular flexibility index (Phi) is 2.59. The molecule has 5 nitrogen and oxygen atoms in total. The van der Waals surface area contributed by atoms with Gasteiger partial charge in [-0.05, 0) is 18.6 Å². The third-order valence-corrected chi connectivity index (χ3v) is 3.32. The van der Waals surface area contributed by atoms with Gasteiger partial charge in [0.25, 0.3) is 0 Å². The van der Waals surface area contributed by atoms with E-state index in [4.69, 9.17) is 5.11 Å². The molecule has 1 unspecified atom stereocenters. The van der Waals surface area contributed by atoms with Crippen molar-refractivity contribution < 1.29 is 9.90 Å². The molecular formula is C13H13N3O2. The normalized spacial score (nSPS) is 18.3. The van der Waals surface area contributed by atoms with Crippen molar-refractivity contribution in [3.63, 3.8) is 0 Å². The summed E-state index contributed by atoms with van der Waals surface area (Å²) in [5.41, 5.74) is 1.90. The number of hydrogen-bond acceptors (Lipinski definition) is 3. The first-order valence-electron chi connectivity index (χ1n) is 5.93. The topological polar surface area (TPSA) is 68.0 Å². The maximum atomic E-state index is 11.0. The molecule has 0 spiro atoms. The van der Waals surface area contributed by atoms with E-state index in [1.165, 1.54) is 0 Å². The van der Waals surface area contributed by atoms with Crippen LogP contribution in [0, 0.1) is 5.92 Å². The second-order valence-corrected chi connectivity index (χ2v) is 4.50. The lowest BCUT2D eigenvalue weighted by atomic mass is 10.00. The number of hydrogen-bond donors (Lipinski definition) is 1. The van der Waals surface area contributed by atoms with Gasteiger partial charge >= 0.3 is 5.97 Å². The van der Waals surface area contributed by atoms with Crippen molar-refractivity contribution in [2.24, 2.45) is 5.92 Å². The minimum absolute atomic E-state index is 0.294. The number of aliphatic carboxylic acids is 1. The number of carboxylic acids is 1. The Bertz CT molecular complexity index is 577. The van der Waals surface area contributed by atoms with Crippen LogP contribution >= 0.6 is 0 Å². The van der Waals surface area contributed by atoms with Crippen molar-refractivity contribution >= 4 is 5.97 Å². The molecule has 0 radical (unpaired) electrons. The molecule has 1 N–H and O–H groups in total. The van der Waals surface area contributed by atoms with Crippen LogP contribution in [0.25, 0.3) is 11.3 Å². The summed E-state index contributed by atoms with van der Waals surface area (Å²) in [6.45, 7) is 0.517. The first kappa shape index (κ1) is 11.0. The maximum Gasteiger partial charge on any atom is 0.308 e. The third kappa shape index (κ3) is 1.88. The predicted octanol–water partition coefficient (Wildman–Crippen LogP) is 1.59. The molecule has 1 atom stereocenters. The lowest BCUT2D eigenvalue weighted by molar-refractivity contribution is -0.142. The van der Waals surface area contributed by atoms with E-state index in [1.807, 2.05) is 22.9 Å². The van der Waals surface area contributed by atoms with Crippen molar-refractivity contribution in [2.75, 3.05) is 0 Å². The quantitative estimate of drug-likeness (QED) is 0.869. The molecule has 3 rings (SSSR count). The Balaban J connectivity index is 1.92. The van der Waals surface area contributed by atoms with E-state index in [0.717, 1.165) is 23.5 Å². The van der Waals surface area contributed by atoms with Crippen molar-refractivity contribution in [3.8, 4) is 11.3 Å². The van der Waals surface area contributed by atoms with Gasteiger partial charge in [0.1, 0.15) is 5.82 Å². The molecule has 0 bridgehead atoms. The molecule has 0 amide bonds. The van der Waals surface area contributed by atoms with Gasteiger partial charge < -0.3 is 9.67 Å². The minimum Gasteiger partial charge on any atom is -0.481 e. The smallest absolute Gasteiger partial charge is 0.308 e. The fourth-order valence-electron chi connectivity index (χ4n) is 2.31. The van der Waals surface area contributed by atoms with E-state index in [2.05, 4.69) is 9.97 Å². The van der Waals surface area contributed by atoms with Crippen molar-refractivity contribution in [3.05, 3.63) is 36.5 Å². The van der Waals surface area contributed by atoms with Gasteiger partial charge in [0.2, 0.25) is 0 Å². The van der Waals surface area contributed by atoms with Crippen LogP contribution in [0.5, 0.6) is 0 Å². The molecule has 1 aliphatic heterocycles. The van der Waals surface area contributed by atoms with Crippen LogP contribution in [0.4, 0.5) is 0 Å². The molecule has 2 aromatic rings. The largest absolute Gasteiger partial charge is 0.481 e. The zero-order chi connectivity index (χ0) is 12.5. The van der Waals surface area contributed by atoms with Gasteiger partial charge in [0, 0.05) is 37.1 Å². The SMILES string of the molecule is O=C(O)C1CCc2nc(-c3ccncc3)cn2C1. The Labute approximate surface area is 104 Å². The van der Waals surface area contributed by atoms with Crippen LogP contribution in [-0.2, 0) is 17.8 Å². The summed E-state index contributed by atoms with van der Waals surface area (Å²) >= 11 is 0. The van der Waals surface area contributed by atoms with Gasteiger partial charge in [-0.15, -0.1) is 0 Å². The van der Waals surface area contributed by atoms with Crippen molar-refractivity contribution in [1.82, 2.24) is 14.5 Å². The summed E-state index contributed by atoms with van der Waals surface area (Å²) in [6.07, 6.45) is 6.78. The summed E-state index contributed by atoms with van der Waals surface area (Å²) in [7, 11) is 0. The number of carbonyl (C=O) groups is 1. The highest BCUT2D eigenvalue weighted by Gasteiger charge is 2.25. The average molecular weight is 243 g/mol.